The Morgan fingerprint density at radius 3 is 2.94 bits per heavy atom. The lowest BCUT2D eigenvalue weighted by atomic mass is 10.2. The second-order valence-corrected chi connectivity index (χ2v) is 6.24. The summed E-state index contributed by atoms with van der Waals surface area (Å²) in [5.74, 6) is 0.754. The first-order valence-corrected chi connectivity index (χ1v) is 7.59. The zero-order chi connectivity index (χ0) is 12.5. The number of rotatable bonds is 1. The minimum atomic E-state index is -0.172. The van der Waals surface area contributed by atoms with Gasteiger partial charge in [-0.3, -0.25) is 9.79 Å². The highest BCUT2D eigenvalue weighted by atomic mass is 35.5. The molecule has 1 aromatic carbocycles. The van der Waals surface area contributed by atoms with Crippen LogP contribution in [0.15, 0.2) is 29.3 Å². The van der Waals surface area contributed by atoms with E-state index < -0.39 is 0 Å². The highest BCUT2D eigenvalue weighted by Crippen LogP contribution is 2.35. The third-order valence-electron chi connectivity index (χ3n) is 2.55. The fourth-order valence-corrected chi connectivity index (χ4v) is 3.86. The van der Waals surface area contributed by atoms with Gasteiger partial charge < -0.3 is 5.32 Å². The summed E-state index contributed by atoms with van der Waals surface area (Å²) in [6.45, 7) is 0.764. The summed E-state index contributed by atoms with van der Waals surface area (Å²) in [6.07, 6.45) is 0. The predicted octanol–water partition coefficient (Wildman–Crippen LogP) is 3.39. The Labute approximate surface area is 117 Å². The van der Waals surface area contributed by atoms with Gasteiger partial charge in [0.15, 0.2) is 5.17 Å². The van der Waals surface area contributed by atoms with E-state index >= 15 is 0 Å². The predicted molar refractivity (Wildman–Crippen MR) is 79.1 cm³/mol. The van der Waals surface area contributed by atoms with Gasteiger partial charge in [0.05, 0.1) is 11.6 Å². The third-order valence-corrected chi connectivity index (χ3v) is 5.11. The minimum absolute atomic E-state index is 0.172. The molecule has 1 aliphatic heterocycles. The first-order chi connectivity index (χ1) is 8.75. The van der Waals surface area contributed by atoms with Crippen molar-refractivity contribution in [2.45, 2.75) is 0 Å². The number of fused-ring (bicyclic) bond motifs is 1. The van der Waals surface area contributed by atoms with Gasteiger partial charge in [0, 0.05) is 15.8 Å². The molecule has 0 unspecified atom stereocenters. The summed E-state index contributed by atoms with van der Waals surface area (Å²) in [6, 6.07) is 7.74. The summed E-state index contributed by atoms with van der Waals surface area (Å²) in [5.41, 5.74) is 0. The van der Waals surface area contributed by atoms with Crippen LogP contribution in [0.5, 0.6) is 0 Å². The van der Waals surface area contributed by atoms with E-state index in [2.05, 4.69) is 10.3 Å². The van der Waals surface area contributed by atoms with E-state index in [1.807, 2.05) is 24.3 Å². The van der Waals surface area contributed by atoms with Gasteiger partial charge in [-0.25, -0.2) is 0 Å². The average Bonchev–Trinajstić information content (AvgIpc) is 2.98. The van der Waals surface area contributed by atoms with Crippen molar-refractivity contribution in [2.24, 2.45) is 4.99 Å². The summed E-state index contributed by atoms with van der Waals surface area (Å²) in [7, 11) is 0. The van der Waals surface area contributed by atoms with Gasteiger partial charge >= 0.3 is 0 Å². The Morgan fingerprint density at radius 1 is 1.39 bits per heavy atom. The van der Waals surface area contributed by atoms with Crippen molar-refractivity contribution in [3.63, 3.8) is 0 Å². The molecule has 3 nitrogen and oxygen atoms in total. The lowest BCUT2D eigenvalue weighted by Crippen LogP contribution is -2.26. The Morgan fingerprint density at radius 2 is 2.22 bits per heavy atom. The monoisotopic (exact) mass is 296 g/mol. The second kappa shape index (κ2) is 4.91. The topological polar surface area (TPSA) is 41.5 Å². The zero-order valence-corrected chi connectivity index (χ0v) is 11.7. The van der Waals surface area contributed by atoms with Crippen LogP contribution in [0.4, 0.5) is 0 Å². The third kappa shape index (κ3) is 2.13. The molecular weight excluding hydrogens is 288 g/mol. The highest BCUT2D eigenvalue weighted by Gasteiger charge is 2.19. The molecule has 2 heterocycles. The van der Waals surface area contributed by atoms with E-state index in [1.165, 1.54) is 11.3 Å². The SMILES string of the molecule is O=C(NC1=NCCS1)c1sc2ccccc2c1Cl. The molecule has 0 fully saturated rings. The van der Waals surface area contributed by atoms with Crippen molar-refractivity contribution in [3.8, 4) is 0 Å². The van der Waals surface area contributed by atoms with E-state index in [1.54, 1.807) is 11.8 Å². The van der Waals surface area contributed by atoms with Crippen molar-refractivity contribution < 1.29 is 4.79 Å². The fourth-order valence-electron chi connectivity index (χ4n) is 1.72. The summed E-state index contributed by atoms with van der Waals surface area (Å²) in [5, 5.41) is 4.94. The molecule has 0 spiro atoms. The standard InChI is InChI=1S/C12H9ClN2OS2/c13-9-7-3-1-2-4-8(7)18-10(9)11(16)15-12-14-5-6-17-12/h1-4H,5-6H2,(H,14,15,16). The lowest BCUT2D eigenvalue weighted by molar-refractivity contribution is 0.0982. The van der Waals surface area contributed by atoms with Gasteiger partial charge in [-0.2, -0.15) is 0 Å². The van der Waals surface area contributed by atoms with Crippen LogP contribution in [-0.2, 0) is 0 Å². The number of thiophene rings is 1. The number of carbonyl (C=O) groups excluding carboxylic acids is 1. The maximum Gasteiger partial charge on any atom is 0.268 e. The van der Waals surface area contributed by atoms with E-state index in [0.29, 0.717) is 15.1 Å². The Bertz CT molecular complexity index is 651. The summed E-state index contributed by atoms with van der Waals surface area (Å²) in [4.78, 5) is 16.9. The van der Waals surface area contributed by atoms with E-state index in [0.717, 1.165) is 22.4 Å². The fraction of sp³-hybridized carbons (Fsp3) is 0.167. The molecule has 0 radical (unpaired) electrons. The van der Waals surface area contributed by atoms with E-state index in [4.69, 9.17) is 11.6 Å². The Kier molecular flexibility index (Phi) is 3.28. The molecule has 18 heavy (non-hydrogen) atoms. The Hall–Kier alpha value is -1.04. The summed E-state index contributed by atoms with van der Waals surface area (Å²) >= 11 is 9.21. The Balaban J connectivity index is 1.93. The van der Waals surface area contributed by atoms with Crippen LogP contribution in [-0.4, -0.2) is 23.4 Å². The maximum absolute atomic E-state index is 12.1. The van der Waals surface area contributed by atoms with Crippen LogP contribution in [0, 0.1) is 0 Å². The molecule has 0 bridgehead atoms. The number of amidine groups is 1. The van der Waals surface area contributed by atoms with Gasteiger partial charge in [0.1, 0.15) is 4.88 Å². The quantitative estimate of drug-likeness (QED) is 0.876. The smallest absolute Gasteiger partial charge is 0.268 e. The van der Waals surface area contributed by atoms with E-state index in [-0.39, 0.29) is 5.91 Å². The zero-order valence-electron chi connectivity index (χ0n) is 9.27. The van der Waals surface area contributed by atoms with Crippen molar-refractivity contribution in [3.05, 3.63) is 34.2 Å². The van der Waals surface area contributed by atoms with Crippen molar-refractivity contribution in [2.75, 3.05) is 12.3 Å². The number of hydrogen-bond acceptors (Lipinski definition) is 4. The van der Waals surface area contributed by atoms with Gasteiger partial charge in [0.25, 0.3) is 5.91 Å². The normalized spacial score (nSPS) is 14.8. The molecule has 0 aliphatic carbocycles. The number of amides is 1. The molecule has 2 aromatic rings. The van der Waals surface area contributed by atoms with Gasteiger partial charge in [0.2, 0.25) is 0 Å². The van der Waals surface area contributed by atoms with Gasteiger partial charge in [-0.15, -0.1) is 11.3 Å². The van der Waals surface area contributed by atoms with Crippen molar-refractivity contribution >= 4 is 55.9 Å². The lowest BCUT2D eigenvalue weighted by Gasteiger charge is -2.01. The largest absolute Gasteiger partial charge is 0.301 e. The molecule has 1 amide bonds. The van der Waals surface area contributed by atoms with Crippen LogP contribution in [0.25, 0.3) is 10.1 Å². The molecule has 1 aliphatic rings. The highest BCUT2D eigenvalue weighted by molar-refractivity contribution is 8.14. The molecule has 0 saturated heterocycles. The first-order valence-electron chi connectivity index (χ1n) is 5.41. The van der Waals surface area contributed by atoms with Crippen LogP contribution >= 0.6 is 34.7 Å². The minimum Gasteiger partial charge on any atom is -0.301 e. The summed E-state index contributed by atoms with van der Waals surface area (Å²) < 4.78 is 1.02. The molecule has 0 atom stereocenters. The second-order valence-electron chi connectivity index (χ2n) is 3.73. The molecule has 92 valence electrons. The maximum atomic E-state index is 12.1. The number of carbonyl (C=O) groups is 1. The van der Waals surface area contributed by atoms with Crippen LogP contribution in [0.1, 0.15) is 9.67 Å². The molecule has 0 saturated carbocycles. The number of halogens is 1. The average molecular weight is 297 g/mol. The van der Waals surface area contributed by atoms with Crippen LogP contribution in [0.2, 0.25) is 5.02 Å². The van der Waals surface area contributed by atoms with Gasteiger partial charge in [-0.05, 0) is 6.07 Å². The molecule has 1 aromatic heterocycles. The molecule has 6 heteroatoms. The van der Waals surface area contributed by atoms with Crippen LogP contribution < -0.4 is 5.32 Å². The molecule has 1 N–H and O–H groups in total. The van der Waals surface area contributed by atoms with Crippen molar-refractivity contribution in [1.29, 1.82) is 0 Å². The van der Waals surface area contributed by atoms with Crippen molar-refractivity contribution in [1.82, 2.24) is 5.32 Å². The molecular formula is C12H9ClN2OS2. The number of thioether (sulfide) groups is 1. The van der Waals surface area contributed by atoms with Crippen LogP contribution in [0.3, 0.4) is 0 Å². The molecule has 3 rings (SSSR count). The number of benzene rings is 1. The number of aliphatic imine (C=N–C) groups is 1. The van der Waals surface area contributed by atoms with Gasteiger partial charge in [-0.1, -0.05) is 41.6 Å². The van der Waals surface area contributed by atoms with E-state index in [9.17, 15) is 4.79 Å². The number of nitrogens with one attached hydrogen (secondary N) is 1. The number of nitrogens with zero attached hydrogens (tertiary/aromatic N) is 1. The first kappa shape index (κ1) is 12.0. The number of hydrogen-bond donors (Lipinski definition) is 1.